The summed E-state index contributed by atoms with van der Waals surface area (Å²) >= 11 is 1.82. The lowest BCUT2D eigenvalue weighted by molar-refractivity contribution is 1.07. The fourth-order valence-corrected chi connectivity index (χ4v) is 9.87. The Balaban J connectivity index is 1.06. The molecule has 8 aromatic carbocycles. The molecule has 0 amide bonds. The molecule has 0 aliphatic carbocycles. The zero-order valence-corrected chi connectivity index (χ0v) is 34.2. The second kappa shape index (κ2) is 14.9. The van der Waals surface area contributed by atoms with Crippen molar-refractivity contribution >= 4 is 53.3 Å². The van der Waals surface area contributed by atoms with Gasteiger partial charge in [-0.15, -0.1) is 11.3 Å². The van der Waals surface area contributed by atoms with Gasteiger partial charge in [-0.2, -0.15) is 0 Å². The highest BCUT2D eigenvalue weighted by Crippen LogP contribution is 2.43. The molecule has 0 fully saturated rings. The van der Waals surface area contributed by atoms with Crippen LogP contribution in [-0.2, 0) is 0 Å². The average molecular weight is 810 g/mol. The van der Waals surface area contributed by atoms with E-state index in [0.717, 1.165) is 55.9 Å². The Morgan fingerprint density at radius 3 is 1.63 bits per heavy atom. The first-order valence-electron chi connectivity index (χ1n) is 20.7. The minimum absolute atomic E-state index is 0.564. The van der Waals surface area contributed by atoms with Gasteiger partial charge < -0.3 is 4.57 Å². The average Bonchev–Trinajstić information content (AvgIpc) is 3.88. The van der Waals surface area contributed by atoms with Crippen LogP contribution in [0, 0.1) is 0 Å². The summed E-state index contributed by atoms with van der Waals surface area (Å²) in [6, 6.07) is 72.4. The number of aromatic nitrogens is 5. The van der Waals surface area contributed by atoms with E-state index in [9.17, 15) is 0 Å². The molecule has 0 aliphatic heterocycles. The second-order valence-corrected chi connectivity index (χ2v) is 16.6. The number of benzene rings is 8. The molecular formula is C56H35N5S. The van der Waals surface area contributed by atoms with Crippen LogP contribution in [-0.4, -0.2) is 24.5 Å². The Morgan fingerprint density at radius 1 is 0.339 bits per heavy atom. The fraction of sp³-hybridized carbons (Fsp3) is 0. The number of rotatable bonds is 7. The molecule has 5 nitrogen and oxygen atoms in total. The third kappa shape index (κ3) is 6.24. The van der Waals surface area contributed by atoms with E-state index >= 15 is 0 Å². The van der Waals surface area contributed by atoms with E-state index in [1.165, 1.54) is 42.0 Å². The van der Waals surface area contributed by atoms with Gasteiger partial charge in [0.1, 0.15) is 0 Å². The van der Waals surface area contributed by atoms with E-state index in [0.29, 0.717) is 17.5 Å². The van der Waals surface area contributed by atoms with E-state index in [1.54, 1.807) is 0 Å². The number of para-hydroxylation sites is 2. The topological polar surface area (TPSA) is 56.5 Å². The van der Waals surface area contributed by atoms with Crippen molar-refractivity contribution in [2.24, 2.45) is 0 Å². The Morgan fingerprint density at radius 2 is 0.919 bits per heavy atom. The van der Waals surface area contributed by atoms with Crippen molar-refractivity contribution in [2.45, 2.75) is 0 Å². The summed E-state index contributed by atoms with van der Waals surface area (Å²) in [7, 11) is 0. The first kappa shape index (κ1) is 35.8. The van der Waals surface area contributed by atoms with Crippen LogP contribution in [0.15, 0.2) is 212 Å². The molecule has 0 atom stereocenters. The highest BCUT2D eigenvalue weighted by molar-refractivity contribution is 7.26. The summed E-state index contributed by atoms with van der Waals surface area (Å²) < 4.78 is 4.83. The van der Waals surface area contributed by atoms with Crippen LogP contribution in [0.5, 0.6) is 0 Å². The van der Waals surface area contributed by atoms with Crippen molar-refractivity contribution in [3.63, 3.8) is 0 Å². The molecule has 290 valence electrons. The Bertz CT molecular complexity index is 3560. The number of fused-ring (bicyclic) bond motifs is 6. The zero-order valence-electron chi connectivity index (χ0n) is 33.4. The highest BCUT2D eigenvalue weighted by atomic mass is 32.1. The smallest absolute Gasteiger partial charge is 0.166 e. The molecule has 0 N–H and O–H groups in total. The molecule has 0 saturated heterocycles. The highest BCUT2D eigenvalue weighted by Gasteiger charge is 2.20. The van der Waals surface area contributed by atoms with Gasteiger partial charge in [0.05, 0.1) is 16.7 Å². The molecule has 4 heterocycles. The maximum absolute atomic E-state index is 5.29. The van der Waals surface area contributed by atoms with Crippen LogP contribution in [0.4, 0.5) is 0 Å². The molecule has 0 radical (unpaired) electrons. The predicted molar refractivity (Wildman–Crippen MR) is 257 cm³/mol. The minimum atomic E-state index is 0.564. The lowest BCUT2D eigenvalue weighted by atomic mass is 9.97. The van der Waals surface area contributed by atoms with Gasteiger partial charge in [0.15, 0.2) is 17.5 Å². The van der Waals surface area contributed by atoms with Crippen molar-refractivity contribution < 1.29 is 0 Å². The van der Waals surface area contributed by atoms with Crippen molar-refractivity contribution in [1.29, 1.82) is 0 Å². The van der Waals surface area contributed by atoms with E-state index in [-0.39, 0.29) is 0 Å². The van der Waals surface area contributed by atoms with Crippen LogP contribution < -0.4 is 0 Å². The molecule has 0 bridgehead atoms. The summed E-state index contributed by atoms with van der Waals surface area (Å²) in [6.07, 6.45) is 1.98. The van der Waals surface area contributed by atoms with E-state index < -0.39 is 0 Å². The number of thiophene rings is 1. The molecule has 12 aromatic rings. The second-order valence-electron chi connectivity index (χ2n) is 15.5. The lowest BCUT2D eigenvalue weighted by Gasteiger charge is -2.14. The summed E-state index contributed by atoms with van der Waals surface area (Å²) in [4.78, 5) is 20.7. The van der Waals surface area contributed by atoms with Crippen LogP contribution in [0.1, 0.15) is 0 Å². The quantitative estimate of drug-likeness (QED) is 0.161. The molecule has 0 spiro atoms. The molecule has 12 rings (SSSR count). The summed E-state index contributed by atoms with van der Waals surface area (Å²) in [5.74, 6) is 1.78. The summed E-state index contributed by atoms with van der Waals surface area (Å²) in [5, 5.41) is 4.95. The van der Waals surface area contributed by atoms with Gasteiger partial charge in [0.25, 0.3) is 0 Å². The van der Waals surface area contributed by atoms with Crippen molar-refractivity contribution in [2.75, 3.05) is 0 Å². The number of pyridine rings is 1. The third-order valence-corrected chi connectivity index (χ3v) is 12.8. The fourth-order valence-electron chi connectivity index (χ4n) is 8.70. The first-order chi connectivity index (χ1) is 30.7. The third-order valence-electron chi connectivity index (χ3n) is 11.7. The number of hydrogen-bond acceptors (Lipinski definition) is 5. The molecule has 0 saturated carbocycles. The van der Waals surface area contributed by atoms with Gasteiger partial charge in [-0.3, -0.25) is 4.98 Å². The minimum Gasteiger partial charge on any atom is -0.309 e. The Hall–Kier alpha value is -8.06. The van der Waals surface area contributed by atoms with Crippen LogP contribution >= 0.6 is 11.3 Å². The standard InChI is InChI=1S/C56H35N5S/c1-5-16-36(17-6-1)39-22-15-23-40(30-39)42-31-48(56-59-54(37-18-7-2-8-19-37)58-55(60-56)38-20-9-3-10-21-38)53(57-35-42)41-28-29-45-47-33-50-46(34-52(47)62-51(45)32-41)44-26-13-14-27-49(44)61(50)43-24-11-4-12-25-43/h1-35H. The first-order valence-corrected chi connectivity index (χ1v) is 21.5. The molecule has 0 aliphatic rings. The molecule has 6 heteroatoms. The van der Waals surface area contributed by atoms with Gasteiger partial charge in [-0.25, -0.2) is 15.0 Å². The van der Waals surface area contributed by atoms with Crippen molar-refractivity contribution in [3.05, 3.63) is 212 Å². The predicted octanol–water partition coefficient (Wildman–Crippen LogP) is 14.7. The van der Waals surface area contributed by atoms with Crippen LogP contribution in [0.25, 0.3) is 115 Å². The molecular weight excluding hydrogens is 775 g/mol. The van der Waals surface area contributed by atoms with E-state index in [1.807, 2.05) is 84.3 Å². The van der Waals surface area contributed by atoms with Crippen molar-refractivity contribution in [3.8, 4) is 73.4 Å². The Labute approximate surface area is 361 Å². The monoisotopic (exact) mass is 809 g/mol. The number of nitrogens with zero attached hydrogens (tertiary/aromatic N) is 5. The van der Waals surface area contributed by atoms with Gasteiger partial charge in [-0.05, 0) is 65.2 Å². The van der Waals surface area contributed by atoms with Gasteiger partial charge in [-0.1, -0.05) is 158 Å². The van der Waals surface area contributed by atoms with Gasteiger partial charge in [0, 0.05) is 70.6 Å². The summed E-state index contributed by atoms with van der Waals surface area (Å²) in [6.45, 7) is 0. The van der Waals surface area contributed by atoms with E-state index in [2.05, 4.69) is 144 Å². The van der Waals surface area contributed by atoms with Gasteiger partial charge >= 0.3 is 0 Å². The van der Waals surface area contributed by atoms with Crippen LogP contribution in [0.2, 0.25) is 0 Å². The maximum atomic E-state index is 5.29. The van der Waals surface area contributed by atoms with Crippen molar-refractivity contribution in [1.82, 2.24) is 24.5 Å². The van der Waals surface area contributed by atoms with Gasteiger partial charge in [0.2, 0.25) is 0 Å². The lowest BCUT2D eigenvalue weighted by Crippen LogP contribution is -2.02. The SMILES string of the molecule is c1ccc(-c2cccc(-c3cnc(-c4ccc5c(c4)sc4cc6c7ccccc7n(-c7ccccc7)c6cc45)c(-c4nc(-c5ccccc5)nc(-c5ccccc5)n4)c3)c2)cc1. The zero-order chi connectivity index (χ0) is 41.0. The van der Waals surface area contributed by atoms with E-state index in [4.69, 9.17) is 19.9 Å². The normalized spacial score (nSPS) is 11.5. The molecule has 0 unspecified atom stereocenters. The van der Waals surface area contributed by atoms with Crippen LogP contribution in [0.3, 0.4) is 0 Å². The molecule has 4 aromatic heterocycles. The summed E-state index contributed by atoms with van der Waals surface area (Å²) in [5.41, 5.74) is 12.4. The Kier molecular flexibility index (Phi) is 8.61. The largest absolute Gasteiger partial charge is 0.309 e. The molecule has 62 heavy (non-hydrogen) atoms. The maximum Gasteiger partial charge on any atom is 0.166 e. The number of hydrogen-bond donors (Lipinski definition) is 0.